The Bertz CT molecular complexity index is 964. The van der Waals surface area contributed by atoms with Crippen molar-refractivity contribution in [3.8, 4) is 11.5 Å². The van der Waals surface area contributed by atoms with Crippen LogP contribution in [0.4, 0.5) is 17.1 Å². The molecule has 30 heavy (non-hydrogen) atoms. The van der Waals surface area contributed by atoms with E-state index in [2.05, 4.69) is 42.7 Å². The van der Waals surface area contributed by atoms with Crippen LogP contribution >= 0.6 is 0 Å². The van der Waals surface area contributed by atoms with E-state index in [0.717, 1.165) is 28.9 Å². The summed E-state index contributed by atoms with van der Waals surface area (Å²) in [5.74, 6) is 1.05. The summed E-state index contributed by atoms with van der Waals surface area (Å²) in [5, 5.41) is 0. The van der Waals surface area contributed by atoms with Gasteiger partial charge in [-0.05, 0) is 67.6 Å². The highest BCUT2D eigenvalue weighted by Crippen LogP contribution is 2.36. The van der Waals surface area contributed by atoms with E-state index < -0.39 is 5.97 Å². The molecule has 154 valence electrons. The third-order valence-corrected chi connectivity index (χ3v) is 4.48. The second-order valence-corrected chi connectivity index (χ2v) is 6.58. The lowest BCUT2D eigenvalue weighted by molar-refractivity contribution is -0.138. The summed E-state index contributed by atoms with van der Waals surface area (Å²) >= 11 is 0. The molecule has 0 aliphatic heterocycles. The molecule has 0 saturated carbocycles. The highest BCUT2D eigenvalue weighted by Gasteiger charge is 2.12. The lowest BCUT2D eigenvalue weighted by Gasteiger charge is -2.26. The Morgan fingerprint density at radius 2 is 1.33 bits per heavy atom. The zero-order valence-corrected chi connectivity index (χ0v) is 17.2. The molecule has 0 unspecified atom stereocenters. The maximum Gasteiger partial charge on any atom is 0.330 e. The van der Waals surface area contributed by atoms with Gasteiger partial charge in [0.15, 0.2) is 0 Å². The van der Waals surface area contributed by atoms with Crippen molar-refractivity contribution in [3.63, 3.8) is 0 Å². The first kappa shape index (κ1) is 21.0. The van der Waals surface area contributed by atoms with E-state index in [-0.39, 0.29) is 13.2 Å². The monoisotopic (exact) mass is 403 g/mol. The van der Waals surface area contributed by atoms with Crippen molar-refractivity contribution in [2.24, 2.45) is 0 Å². The van der Waals surface area contributed by atoms with Gasteiger partial charge in [0.05, 0.1) is 7.11 Å². The molecule has 0 amide bonds. The first-order chi connectivity index (χ1) is 14.6. The molecule has 0 bridgehead atoms. The lowest BCUT2D eigenvalue weighted by atomic mass is 10.1. The molecule has 3 aromatic carbocycles. The van der Waals surface area contributed by atoms with Crippen molar-refractivity contribution < 1.29 is 19.0 Å². The number of ether oxygens (including phenoxy) is 3. The number of carbonyl (C=O) groups excluding carboxylic acids is 1. The fourth-order valence-corrected chi connectivity index (χ4v) is 2.92. The van der Waals surface area contributed by atoms with Gasteiger partial charge in [-0.3, -0.25) is 0 Å². The van der Waals surface area contributed by atoms with E-state index in [1.165, 1.54) is 5.56 Å². The van der Waals surface area contributed by atoms with Crippen molar-refractivity contribution in [3.05, 3.63) is 91.0 Å². The van der Waals surface area contributed by atoms with Crippen molar-refractivity contribution in [2.75, 3.05) is 25.2 Å². The molecular weight excluding hydrogens is 378 g/mol. The summed E-state index contributed by atoms with van der Waals surface area (Å²) in [6.07, 6.45) is 1.13. The van der Waals surface area contributed by atoms with Gasteiger partial charge in [-0.25, -0.2) is 4.79 Å². The van der Waals surface area contributed by atoms with Gasteiger partial charge in [-0.1, -0.05) is 24.3 Å². The van der Waals surface area contributed by atoms with Gasteiger partial charge >= 0.3 is 5.97 Å². The summed E-state index contributed by atoms with van der Waals surface area (Å²) < 4.78 is 15.9. The Kier molecular flexibility index (Phi) is 7.11. The van der Waals surface area contributed by atoms with Gasteiger partial charge in [0, 0.05) is 23.1 Å². The van der Waals surface area contributed by atoms with Crippen molar-refractivity contribution in [2.45, 2.75) is 6.92 Å². The van der Waals surface area contributed by atoms with E-state index in [9.17, 15) is 4.79 Å². The predicted molar refractivity (Wildman–Crippen MR) is 119 cm³/mol. The van der Waals surface area contributed by atoms with Crippen LogP contribution in [0.15, 0.2) is 85.5 Å². The zero-order chi connectivity index (χ0) is 21.3. The molecule has 5 heteroatoms. The van der Waals surface area contributed by atoms with Crippen LogP contribution in [0.25, 0.3) is 0 Å². The average molecular weight is 403 g/mol. The van der Waals surface area contributed by atoms with Crippen LogP contribution in [0.5, 0.6) is 11.5 Å². The third kappa shape index (κ3) is 5.41. The molecule has 3 aromatic rings. The number of hydrogen-bond donors (Lipinski definition) is 0. The number of aryl methyl sites for hydroxylation is 1. The molecule has 0 saturated heterocycles. The van der Waals surface area contributed by atoms with E-state index in [1.54, 1.807) is 7.11 Å². The maximum absolute atomic E-state index is 11.1. The molecule has 0 spiro atoms. The summed E-state index contributed by atoms with van der Waals surface area (Å²) in [6.45, 7) is 5.88. The first-order valence-corrected chi connectivity index (χ1v) is 9.63. The Hall–Kier alpha value is -3.73. The molecule has 5 nitrogen and oxygen atoms in total. The Labute approximate surface area is 177 Å². The molecular formula is C25H25NO4. The summed E-state index contributed by atoms with van der Waals surface area (Å²) in [5.41, 5.74) is 4.27. The standard InChI is InChI=1S/C25H25NO4/c1-4-25(27)30-18-17-29-24-15-11-22(12-16-24)26(20-7-5-19(2)6-8-20)21-9-13-23(28-3)14-10-21/h4-16H,1,17-18H2,2-3H3. The molecule has 0 aliphatic carbocycles. The Morgan fingerprint density at radius 1 is 0.833 bits per heavy atom. The number of nitrogens with zero attached hydrogens (tertiary/aromatic N) is 1. The second kappa shape index (κ2) is 10.2. The molecule has 0 heterocycles. The van der Waals surface area contributed by atoms with Gasteiger partial charge < -0.3 is 19.1 Å². The van der Waals surface area contributed by atoms with Crippen LogP contribution in [0.1, 0.15) is 5.56 Å². The number of hydrogen-bond acceptors (Lipinski definition) is 5. The molecule has 0 aromatic heterocycles. The molecule has 0 aliphatic rings. The lowest BCUT2D eigenvalue weighted by Crippen LogP contribution is -2.11. The fraction of sp³-hybridized carbons (Fsp3) is 0.160. The number of carbonyl (C=O) groups is 1. The minimum Gasteiger partial charge on any atom is -0.497 e. The highest BCUT2D eigenvalue weighted by atomic mass is 16.6. The normalized spacial score (nSPS) is 10.2. The minimum absolute atomic E-state index is 0.175. The van der Waals surface area contributed by atoms with E-state index >= 15 is 0 Å². The number of rotatable bonds is 9. The summed E-state index contributed by atoms with van der Waals surface area (Å²) in [7, 11) is 1.66. The molecule has 0 fully saturated rings. The quantitative estimate of drug-likeness (QED) is 0.265. The molecule has 0 N–H and O–H groups in total. The van der Waals surface area contributed by atoms with Crippen molar-refractivity contribution in [1.29, 1.82) is 0 Å². The van der Waals surface area contributed by atoms with Crippen LogP contribution in [-0.2, 0) is 9.53 Å². The van der Waals surface area contributed by atoms with Crippen LogP contribution in [-0.4, -0.2) is 26.3 Å². The zero-order valence-electron chi connectivity index (χ0n) is 17.2. The van der Waals surface area contributed by atoms with Gasteiger partial charge in [-0.15, -0.1) is 0 Å². The van der Waals surface area contributed by atoms with Gasteiger partial charge in [0.2, 0.25) is 0 Å². The molecule has 0 radical (unpaired) electrons. The van der Waals surface area contributed by atoms with Crippen LogP contribution in [0, 0.1) is 6.92 Å². The van der Waals surface area contributed by atoms with E-state index in [0.29, 0.717) is 5.75 Å². The topological polar surface area (TPSA) is 48.0 Å². The SMILES string of the molecule is C=CC(=O)OCCOc1ccc(N(c2ccc(C)cc2)c2ccc(OC)cc2)cc1. The minimum atomic E-state index is -0.456. The number of anilines is 3. The summed E-state index contributed by atoms with van der Waals surface area (Å²) in [4.78, 5) is 13.2. The number of methoxy groups -OCH3 is 1. The van der Waals surface area contributed by atoms with Crippen molar-refractivity contribution >= 4 is 23.0 Å². The smallest absolute Gasteiger partial charge is 0.330 e. The van der Waals surface area contributed by atoms with Crippen LogP contribution in [0.2, 0.25) is 0 Å². The Morgan fingerprint density at radius 3 is 1.83 bits per heavy atom. The van der Waals surface area contributed by atoms with Crippen LogP contribution < -0.4 is 14.4 Å². The number of esters is 1. The second-order valence-electron chi connectivity index (χ2n) is 6.58. The largest absolute Gasteiger partial charge is 0.497 e. The van der Waals surface area contributed by atoms with Gasteiger partial charge in [0.1, 0.15) is 24.7 Å². The summed E-state index contributed by atoms with van der Waals surface area (Å²) in [6, 6.07) is 24.1. The van der Waals surface area contributed by atoms with Crippen LogP contribution in [0.3, 0.4) is 0 Å². The number of benzene rings is 3. The fourth-order valence-electron chi connectivity index (χ4n) is 2.92. The van der Waals surface area contributed by atoms with Crippen molar-refractivity contribution in [1.82, 2.24) is 0 Å². The van der Waals surface area contributed by atoms with Gasteiger partial charge in [-0.2, -0.15) is 0 Å². The van der Waals surface area contributed by atoms with E-state index in [4.69, 9.17) is 14.2 Å². The molecule has 3 rings (SSSR count). The van der Waals surface area contributed by atoms with Gasteiger partial charge in [0.25, 0.3) is 0 Å². The highest BCUT2D eigenvalue weighted by molar-refractivity contribution is 5.81. The Balaban J connectivity index is 1.80. The maximum atomic E-state index is 11.1. The predicted octanol–water partition coefficient (Wildman–Crippen LogP) is 5.58. The molecule has 0 atom stereocenters. The average Bonchev–Trinajstić information content (AvgIpc) is 2.79. The first-order valence-electron chi connectivity index (χ1n) is 9.63. The van der Waals surface area contributed by atoms with E-state index in [1.807, 2.05) is 48.5 Å². The third-order valence-electron chi connectivity index (χ3n) is 4.48.